The zero-order chi connectivity index (χ0) is 33.2. The molecule has 9 aromatic rings. The number of aromatic nitrogens is 5. The number of hydrogen-bond donors (Lipinski definition) is 0. The van der Waals surface area contributed by atoms with Gasteiger partial charge in [0.2, 0.25) is 0 Å². The van der Waals surface area contributed by atoms with Gasteiger partial charge in [-0.3, -0.25) is 4.98 Å². The molecule has 6 heterocycles. The van der Waals surface area contributed by atoms with Gasteiger partial charge in [0.1, 0.15) is 11.3 Å². The van der Waals surface area contributed by atoms with Gasteiger partial charge in [-0.15, -0.1) is 29.8 Å². The van der Waals surface area contributed by atoms with E-state index in [9.17, 15) is 0 Å². The molecule has 244 valence electrons. The van der Waals surface area contributed by atoms with Crippen molar-refractivity contribution in [3.8, 4) is 28.4 Å². The molecular formula is C43H31N5OPt. The molecule has 4 aromatic carbocycles. The second-order valence-corrected chi connectivity index (χ2v) is 13.8. The number of imidazole rings is 1. The van der Waals surface area contributed by atoms with Crippen LogP contribution in [0, 0.1) is 32.9 Å². The molecule has 0 N–H and O–H groups in total. The van der Waals surface area contributed by atoms with Gasteiger partial charge in [-0.2, -0.15) is 6.07 Å². The minimum Gasteiger partial charge on any atom is -0.503 e. The monoisotopic (exact) mass is 828 g/mol. The fourth-order valence-corrected chi connectivity index (χ4v) is 8.24. The van der Waals surface area contributed by atoms with Crippen molar-refractivity contribution in [1.82, 2.24) is 23.9 Å². The number of pyridine rings is 3. The first kappa shape index (κ1) is 30.7. The van der Waals surface area contributed by atoms with E-state index < -0.39 is 0 Å². The number of aryl methyl sites for hydroxylation is 3. The van der Waals surface area contributed by atoms with Crippen LogP contribution in [-0.2, 0) is 26.5 Å². The van der Waals surface area contributed by atoms with E-state index in [2.05, 4.69) is 117 Å². The minimum absolute atomic E-state index is 0. The van der Waals surface area contributed by atoms with Gasteiger partial charge >= 0.3 is 21.1 Å². The van der Waals surface area contributed by atoms with Crippen LogP contribution >= 0.6 is 0 Å². The summed E-state index contributed by atoms with van der Waals surface area (Å²) in [6.45, 7) is 11.0. The molecule has 0 amide bonds. The summed E-state index contributed by atoms with van der Waals surface area (Å²) in [4.78, 5) is 14.8. The quantitative estimate of drug-likeness (QED) is 0.132. The molecule has 7 heteroatoms. The summed E-state index contributed by atoms with van der Waals surface area (Å²) in [7, 11) is 0. The fourth-order valence-electron chi connectivity index (χ4n) is 8.24. The van der Waals surface area contributed by atoms with E-state index in [0.29, 0.717) is 11.5 Å². The summed E-state index contributed by atoms with van der Waals surface area (Å²) in [5.74, 6) is 1.21. The van der Waals surface area contributed by atoms with Crippen molar-refractivity contribution in [2.75, 3.05) is 0 Å². The third-order valence-electron chi connectivity index (χ3n) is 10.3. The predicted octanol–water partition coefficient (Wildman–Crippen LogP) is 10.1. The zero-order valence-corrected chi connectivity index (χ0v) is 30.5. The van der Waals surface area contributed by atoms with Gasteiger partial charge in [0.25, 0.3) is 0 Å². The summed E-state index contributed by atoms with van der Waals surface area (Å²) < 4.78 is 10.9. The van der Waals surface area contributed by atoms with E-state index in [0.717, 1.165) is 55.4 Å². The fraction of sp³-hybridized carbons (Fsp3) is 0.140. The Morgan fingerprint density at radius 2 is 1.36 bits per heavy atom. The van der Waals surface area contributed by atoms with Crippen molar-refractivity contribution >= 4 is 49.4 Å². The van der Waals surface area contributed by atoms with Crippen molar-refractivity contribution in [2.24, 2.45) is 0 Å². The first-order valence-corrected chi connectivity index (χ1v) is 16.6. The average molecular weight is 829 g/mol. The average Bonchev–Trinajstić information content (AvgIpc) is 3.68. The van der Waals surface area contributed by atoms with Crippen LogP contribution in [0.1, 0.15) is 41.7 Å². The zero-order valence-electron chi connectivity index (χ0n) is 28.2. The Morgan fingerprint density at radius 1 is 0.680 bits per heavy atom. The van der Waals surface area contributed by atoms with Crippen LogP contribution in [0.15, 0.2) is 97.5 Å². The van der Waals surface area contributed by atoms with E-state index in [1.54, 1.807) is 0 Å². The molecular weight excluding hydrogens is 798 g/mol. The molecule has 5 aromatic heterocycles. The smallest absolute Gasteiger partial charge is 0.503 e. The minimum atomic E-state index is -0.226. The van der Waals surface area contributed by atoms with E-state index in [1.807, 2.05) is 36.7 Å². The van der Waals surface area contributed by atoms with Crippen LogP contribution in [0.25, 0.3) is 66.3 Å². The van der Waals surface area contributed by atoms with Gasteiger partial charge in [0, 0.05) is 46.4 Å². The van der Waals surface area contributed by atoms with Crippen molar-refractivity contribution in [1.29, 1.82) is 0 Å². The summed E-state index contributed by atoms with van der Waals surface area (Å²) in [6, 6.07) is 34.7. The summed E-state index contributed by atoms with van der Waals surface area (Å²) in [5, 5.41) is 5.26. The number of hydrogen-bond acceptors (Lipinski definition) is 4. The Balaban J connectivity index is 0.00000336. The predicted molar refractivity (Wildman–Crippen MR) is 196 cm³/mol. The molecule has 1 aliphatic heterocycles. The van der Waals surface area contributed by atoms with Gasteiger partial charge < -0.3 is 13.7 Å². The molecule has 0 unspecified atom stereocenters. The number of nitrogens with zero attached hydrogens (tertiary/aromatic N) is 5. The summed E-state index contributed by atoms with van der Waals surface area (Å²) in [5.41, 5.74) is 12.6. The Kier molecular flexibility index (Phi) is 6.66. The van der Waals surface area contributed by atoms with Gasteiger partial charge in [0.05, 0.1) is 16.9 Å². The number of fused-ring (bicyclic) bond motifs is 11. The molecule has 0 bridgehead atoms. The maximum atomic E-state index is 6.60. The molecule has 10 rings (SSSR count). The summed E-state index contributed by atoms with van der Waals surface area (Å²) >= 11 is 0. The molecule has 0 saturated carbocycles. The molecule has 1 aliphatic rings. The molecule has 0 fully saturated rings. The van der Waals surface area contributed by atoms with Gasteiger partial charge in [0.15, 0.2) is 0 Å². The third kappa shape index (κ3) is 4.21. The Hall–Kier alpha value is -5.32. The van der Waals surface area contributed by atoms with Crippen molar-refractivity contribution < 1.29 is 25.8 Å². The second-order valence-electron chi connectivity index (χ2n) is 13.8. The maximum absolute atomic E-state index is 6.60. The van der Waals surface area contributed by atoms with Crippen LogP contribution in [-0.4, -0.2) is 23.9 Å². The maximum Gasteiger partial charge on any atom is 2.00 e. The molecule has 6 nitrogen and oxygen atoms in total. The third-order valence-corrected chi connectivity index (χ3v) is 10.3. The van der Waals surface area contributed by atoms with Crippen LogP contribution < -0.4 is 4.74 Å². The second kappa shape index (κ2) is 10.8. The Bertz CT molecular complexity index is 2860. The van der Waals surface area contributed by atoms with Gasteiger partial charge in [-0.25, -0.2) is 9.97 Å². The molecule has 50 heavy (non-hydrogen) atoms. The standard InChI is InChI=1S/C43H31N5O.Pt/c1-24-19-25(2)38(26(3)20-24)36-23-47-40-31(10-7-17-44-40)29-15-13-27(21-33(29)42(47)46-36)49-28-14-16-34-37(22-28)48-39-30(32-11-8-18-45-41(32)48)9-6-12-35(39)43(34,4)5;/h6-20,23H,1-5H3;/q-2;+2. The normalized spacial score (nSPS) is 13.3. The van der Waals surface area contributed by atoms with Crippen LogP contribution in [0.5, 0.6) is 11.5 Å². The summed E-state index contributed by atoms with van der Waals surface area (Å²) in [6.07, 6.45) is 5.79. The Labute approximate surface area is 303 Å². The number of rotatable bonds is 3. The molecule has 0 radical (unpaired) electrons. The molecule has 0 atom stereocenters. The van der Waals surface area contributed by atoms with Crippen LogP contribution in [0.3, 0.4) is 0 Å². The first-order valence-electron chi connectivity index (χ1n) is 16.6. The van der Waals surface area contributed by atoms with Crippen LogP contribution in [0.2, 0.25) is 0 Å². The molecule has 0 spiro atoms. The van der Waals surface area contributed by atoms with Crippen molar-refractivity contribution in [3.05, 3.63) is 137 Å². The molecule has 0 saturated heterocycles. The van der Waals surface area contributed by atoms with E-state index >= 15 is 0 Å². The van der Waals surface area contributed by atoms with E-state index in [-0.39, 0.29) is 26.5 Å². The number of para-hydroxylation sites is 1. The van der Waals surface area contributed by atoms with Crippen molar-refractivity contribution in [2.45, 2.75) is 40.0 Å². The van der Waals surface area contributed by atoms with Crippen LogP contribution in [0.4, 0.5) is 0 Å². The van der Waals surface area contributed by atoms with Gasteiger partial charge in [-0.1, -0.05) is 78.3 Å². The Morgan fingerprint density at radius 3 is 2.14 bits per heavy atom. The van der Waals surface area contributed by atoms with E-state index in [1.165, 1.54) is 38.7 Å². The molecule has 0 aliphatic carbocycles. The first-order chi connectivity index (χ1) is 23.8. The van der Waals surface area contributed by atoms with Crippen molar-refractivity contribution in [3.63, 3.8) is 0 Å². The number of benzene rings is 4. The topological polar surface area (TPSA) is 57.2 Å². The SMILES string of the molecule is Cc1cc(C)c(-c2cn3c(n2)c2[c-]c(Oc4[c-]c5c(cc4)C(C)(C)c4cccc6c7cccnc7n-5c46)ccc2c2cccnc23)c(C)c1.[Pt+2]. The largest absolute Gasteiger partial charge is 2.00 e. The number of ether oxygens (including phenoxy) is 1. The van der Waals surface area contributed by atoms with E-state index in [4.69, 9.17) is 19.7 Å². The van der Waals surface area contributed by atoms with Gasteiger partial charge in [-0.05, 0) is 66.5 Å².